The first-order chi connectivity index (χ1) is 10.0. The molecular weight excluding hydrogens is 286 g/mol. The van der Waals surface area contributed by atoms with Crippen molar-refractivity contribution in [3.8, 4) is 0 Å². The van der Waals surface area contributed by atoms with Gasteiger partial charge in [0.15, 0.2) is 0 Å². The number of aromatic amines is 1. The molecule has 114 valence electrons. The van der Waals surface area contributed by atoms with E-state index in [2.05, 4.69) is 4.98 Å². The largest absolute Gasteiger partial charge is 0.399 e. The molecule has 0 amide bonds. The van der Waals surface area contributed by atoms with Gasteiger partial charge in [0.2, 0.25) is 10.0 Å². The van der Waals surface area contributed by atoms with E-state index in [1.165, 1.54) is 6.42 Å². The van der Waals surface area contributed by atoms with Crippen molar-refractivity contribution in [3.05, 3.63) is 24.4 Å². The number of nitrogens with two attached hydrogens (primary N) is 1. The van der Waals surface area contributed by atoms with Gasteiger partial charge in [0.1, 0.15) is 4.90 Å². The number of benzene rings is 1. The molecule has 1 aliphatic carbocycles. The van der Waals surface area contributed by atoms with Gasteiger partial charge in [-0.2, -0.15) is 4.31 Å². The van der Waals surface area contributed by atoms with Crippen LogP contribution in [0.4, 0.5) is 5.69 Å². The summed E-state index contributed by atoms with van der Waals surface area (Å²) in [6.07, 6.45) is 5.06. The number of sulfonamides is 1. The zero-order valence-electron chi connectivity index (χ0n) is 12.2. The van der Waals surface area contributed by atoms with Crippen molar-refractivity contribution in [3.63, 3.8) is 0 Å². The normalized spacial score (nSPS) is 16.5. The number of fused-ring (bicyclic) bond motifs is 1. The van der Waals surface area contributed by atoms with Gasteiger partial charge in [0.25, 0.3) is 0 Å². The van der Waals surface area contributed by atoms with Crippen LogP contribution in [-0.2, 0) is 10.0 Å². The van der Waals surface area contributed by atoms with Gasteiger partial charge in [0.05, 0.1) is 0 Å². The van der Waals surface area contributed by atoms with Crippen LogP contribution in [0.1, 0.15) is 26.2 Å². The number of nitrogens with zero attached hydrogens (tertiary/aromatic N) is 1. The van der Waals surface area contributed by atoms with Gasteiger partial charge in [-0.3, -0.25) is 0 Å². The highest BCUT2D eigenvalue weighted by atomic mass is 32.2. The summed E-state index contributed by atoms with van der Waals surface area (Å²) in [6.45, 7) is 3.02. The minimum absolute atomic E-state index is 0.346. The lowest BCUT2D eigenvalue weighted by Crippen LogP contribution is -2.37. The van der Waals surface area contributed by atoms with E-state index >= 15 is 0 Å². The Balaban J connectivity index is 1.98. The monoisotopic (exact) mass is 307 g/mol. The molecule has 0 radical (unpaired) electrons. The van der Waals surface area contributed by atoms with Crippen molar-refractivity contribution < 1.29 is 8.42 Å². The molecule has 0 unspecified atom stereocenters. The van der Waals surface area contributed by atoms with Gasteiger partial charge in [-0.1, -0.05) is 13.3 Å². The predicted octanol–water partition coefficient (Wildman–Crippen LogP) is 2.56. The fourth-order valence-corrected chi connectivity index (χ4v) is 4.52. The lowest BCUT2D eigenvalue weighted by atomic mass is 9.85. The van der Waals surface area contributed by atoms with Crippen molar-refractivity contribution in [1.29, 1.82) is 0 Å². The van der Waals surface area contributed by atoms with Crippen LogP contribution in [0.2, 0.25) is 0 Å². The molecule has 0 atom stereocenters. The molecule has 1 heterocycles. The van der Waals surface area contributed by atoms with Crippen LogP contribution < -0.4 is 5.73 Å². The lowest BCUT2D eigenvalue weighted by molar-refractivity contribution is 0.250. The van der Waals surface area contributed by atoms with E-state index in [9.17, 15) is 8.42 Å². The molecule has 5 nitrogen and oxygen atoms in total. The highest BCUT2D eigenvalue weighted by Gasteiger charge is 2.30. The van der Waals surface area contributed by atoms with E-state index in [0.29, 0.717) is 35.0 Å². The van der Waals surface area contributed by atoms with E-state index in [-0.39, 0.29) is 0 Å². The molecule has 3 N–H and O–H groups in total. The Hall–Kier alpha value is -1.53. The third-order valence-corrected chi connectivity index (χ3v) is 6.31. The van der Waals surface area contributed by atoms with Crippen molar-refractivity contribution in [2.45, 2.75) is 31.1 Å². The molecule has 1 aromatic heterocycles. The number of nitrogens with one attached hydrogen (secondary N) is 1. The van der Waals surface area contributed by atoms with Crippen LogP contribution in [0, 0.1) is 5.92 Å². The molecule has 6 heteroatoms. The second kappa shape index (κ2) is 5.35. The number of anilines is 1. The average Bonchev–Trinajstić information content (AvgIpc) is 2.80. The van der Waals surface area contributed by atoms with Crippen LogP contribution in [0.3, 0.4) is 0 Å². The first-order valence-corrected chi connectivity index (χ1v) is 8.83. The van der Waals surface area contributed by atoms with E-state index in [0.717, 1.165) is 18.4 Å². The minimum Gasteiger partial charge on any atom is -0.399 e. The number of rotatable bonds is 5. The molecule has 0 aliphatic heterocycles. The van der Waals surface area contributed by atoms with Crippen LogP contribution >= 0.6 is 0 Å². The summed E-state index contributed by atoms with van der Waals surface area (Å²) in [5, 5.41) is 0.705. The number of nitrogen functional groups attached to an aromatic ring is 1. The fourth-order valence-electron chi connectivity index (χ4n) is 2.83. The molecule has 1 aromatic carbocycles. The van der Waals surface area contributed by atoms with Crippen LogP contribution in [0.15, 0.2) is 29.3 Å². The highest BCUT2D eigenvalue weighted by molar-refractivity contribution is 7.89. The van der Waals surface area contributed by atoms with E-state index in [4.69, 9.17) is 5.73 Å². The zero-order valence-corrected chi connectivity index (χ0v) is 13.0. The predicted molar refractivity (Wildman–Crippen MR) is 84.5 cm³/mol. The van der Waals surface area contributed by atoms with Gasteiger partial charge in [-0.05, 0) is 37.0 Å². The van der Waals surface area contributed by atoms with E-state index in [1.54, 1.807) is 28.7 Å². The zero-order chi connectivity index (χ0) is 15.0. The van der Waals surface area contributed by atoms with Crippen molar-refractivity contribution >= 4 is 26.6 Å². The molecule has 1 saturated carbocycles. The molecule has 0 bridgehead atoms. The maximum Gasteiger partial charge on any atom is 0.245 e. The van der Waals surface area contributed by atoms with Crippen LogP contribution in [-0.4, -0.2) is 30.8 Å². The van der Waals surface area contributed by atoms with E-state index < -0.39 is 10.0 Å². The maximum atomic E-state index is 12.9. The maximum absolute atomic E-state index is 12.9. The second-order valence-electron chi connectivity index (χ2n) is 5.71. The summed E-state index contributed by atoms with van der Waals surface area (Å²) < 4.78 is 27.3. The number of hydrogen-bond acceptors (Lipinski definition) is 3. The number of hydrogen-bond donors (Lipinski definition) is 2. The first kappa shape index (κ1) is 14.4. The number of aromatic nitrogens is 1. The molecule has 0 spiro atoms. The van der Waals surface area contributed by atoms with Gasteiger partial charge in [0, 0.05) is 35.9 Å². The van der Waals surface area contributed by atoms with Crippen LogP contribution in [0.25, 0.3) is 10.9 Å². The molecular formula is C15H21N3O2S. The molecule has 3 rings (SSSR count). The van der Waals surface area contributed by atoms with Gasteiger partial charge in [-0.15, -0.1) is 0 Å². The highest BCUT2D eigenvalue weighted by Crippen LogP contribution is 2.31. The Bertz CT molecular complexity index is 747. The molecule has 2 aromatic rings. The topological polar surface area (TPSA) is 79.2 Å². The Morgan fingerprint density at radius 2 is 2.14 bits per heavy atom. The van der Waals surface area contributed by atoms with E-state index in [1.807, 2.05) is 6.92 Å². The number of H-pyrrole nitrogens is 1. The summed E-state index contributed by atoms with van der Waals surface area (Å²) in [5.74, 6) is 0.514. The lowest BCUT2D eigenvalue weighted by Gasteiger charge is -2.31. The summed E-state index contributed by atoms with van der Waals surface area (Å²) in [6, 6.07) is 5.26. The smallest absolute Gasteiger partial charge is 0.245 e. The van der Waals surface area contributed by atoms with Crippen molar-refractivity contribution in [2.75, 3.05) is 18.8 Å². The molecule has 1 aliphatic rings. The Morgan fingerprint density at radius 3 is 2.76 bits per heavy atom. The summed E-state index contributed by atoms with van der Waals surface area (Å²) in [5.41, 5.74) is 7.12. The standard InChI is InChI=1S/C15H21N3O2S/c1-2-18(10-11-4-3-5-11)21(19,20)15-9-17-14-8-12(16)6-7-13(14)15/h6-9,11,17H,2-5,10,16H2,1H3. The SMILES string of the molecule is CCN(CC1CCC1)S(=O)(=O)c1c[nH]c2cc(N)ccc12. The quantitative estimate of drug-likeness (QED) is 0.833. The van der Waals surface area contributed by atoms with Crippen LogP contribution in [0.5, 0.6) is 0 Å². The Kier molecular flexibility index (Phi) is 3.67. The Labute approximate surface area is 125 Å². The third-order valence-electron chi connectivity index (χ3n) is 4.32. The van der Waals surface area contributed by atoms with Gasteiger partial charge < -0.3 is 10.7 Å². The summed E-state index contributed by atoms with van der Waals surface area (Å²) in [4.78, 5) is 3.36. The van der Waals surface area contributed by atoms with Gasteiger partial charge >= 0.3 is 0 Å². The molecule has 21 heavy (non-hydrogen) atoms. The summed E-state index contributed by atoms with van der Waals surface area (Å²) in [7, 11) is -3.46. The second-order valence-corrected chi connectivity index (χ2v) is 7.62. The van der Waals surface area contributed by atoms with Crippen molar-refractivity contribution in [2.24, 2.45) is 5.92 Å². The Morgan fingerprint density at radius 1 is 1.38 bits per heavy atom. The minimum atomic E-state index is -3.46. The first-order valence-electron chi connectivity index (χ1n) is 7.39. The van der Waals surface area contributed by atoms with Crippen molar-refractivity contribution in [1.82, 2.24) is 9.29 Å². The summed E-state index contributed by atoms with van der Waals surface area (Å²) >= 11 is 0. The average molecular weight is 307 g/mol. The fraction of sp³-hybridized carbons (Fsp3) is 0.467. The molecule has 0 saturated heterocycles. The third kappa shape index (κ3) is 2.53. The molecule has 1 fully saturated rings. The van der Waals surface area contributed by atoms with Gasteiger partial charge in [-0.25, -0.2) is 8.42 Å².